The summed E-state index contributed by atoms with van der Waals surface area (Å²) in [5.41, 5.74) is 1.36. The molecule has 0 saturated heterocycles. The minimum atomic E-state index is -0.466. The second-order valence-electron chi connectivity index (χ2n) is 6.74. The molecule has 0 fully saturated rings. The molecule has 0 atom stereocenters. The summed E-state index contributed by atoms with van der Waals surface area (Å²) in [6.45, 7) is 1.89. The van der Waals surface area contributed by atoms with Crippen molar-refractivity contribution in [2.75, 3.05) is 5.32 Å². The van der Waals surface area contributed by atoms with Crippen LogP contribution in [0.2, 0.25) is 0 Å². The molecule has 1 amide bonds. The zero-order valence-corrected chi connectivity index (χ0v) is 16.7. The summed E-state index contributed by atoms with van der Waals surface area (Å²) in [6.07, 6.45) is 1.53. The molecule has 0 bridgehead atoms. The van der Waals surface area contributed by atoms with Gasteiger partial charge in [-0.05, 0) is 35.2 Å². The van der Waals surface area contributed by atoms with Crippen molar-refractivity contribution < 1.29 is 14.1 Å². The van der Waals surface area contributed by atoms with Crippen molar-refractivity contribution >= 4 is 28.4 Å². The predicted molar refractivity (Wildman–Crippen MR) is 116 cm³/mol. The van der Waals surface area contributed by atoms with Crippen molar-refractivity contribution in [2.24, 2.45) is 0 Å². The number of nitriles is 1. The molecule has 7 nitrogen and oxygen atoms in total. The maximum absolute atomic E-state index is 12.7. The number of anilines is 1. The van der Waals surface area contributed by atoms with Gasteiger partial charge in [0.05, 0.1) is 0 Å². The first-order chi connectivity index (χ1) is 15.1. The highest BCUT2D eigenvalue weighted by molar-refractivity contribution is 6.12. The SMILES string of the molecule is Cc1nc(COc2ccc(/C=C(\C#N)C(=O)Nc3cccc4ccccc34)cc2)no1. The van der Waals surface area contributed by atoms with Gasteiger partial charge in [0.15, 0.2) is 6.61 Å². The molecule has 152 valence electrons. The summed E-state index contributed by atoms with van der Waals surface area (Å²) < 4.78 is 10.5. The van der Waals surface area contributed by atoms with Gasteiger partial charge < -0.3 is 14.6 Å². The van der Waals surface area contributed by atoms with Crippen LogP contribution in [0.3, 0.4) is 0 Å². The smallest absolute Gasteiger partial charge is 0.266 e. The lowest BCUT2D eigenvalue weighted by molar-refractivity contribution is -0.112. The molecule has 0 unspecified atom stereocenters. The van der Waals surface area contributed by atoms with Gasteiger partial charge in [-0.15, -0.1) is 0 Å². The van der Waals surface area contributed by atoms with E-state index in [1.807, 2.05) is 48.5 Å². The Hall–Kier alpha value is -4.44. The van der Waals surface area contributed by atoms with Gasteiger partial charge in [0.25, 0.3) is 5.91 Å². The van der Waals surface area contributed by atoms with Crippen molar-refractivity contribution in [3.63, 3.8) is 0 Å². The number of nitrogens with one attached hydrogen (secondary N) is 1. The number of hydrogen-bond acceptors (Lipinski definition) is 6. The van der Waals surface area contributed by atoms with Crippen LogP contribution < -0.4 is 10.1 Å². The van der Waals surface area contributed by atoms with E-state index in [4.69, 9.17) is 9.26 Å². The van der Waals surface area contributed by atoms with E-state index < -0.39 is 5.91 Å². The molecule has 4 rings (SSSR count). The van der Waals surface area contributed by atoms with Crippen molar-refractivity contribution in [2.45, 2.75) is 13.5 Å². The van der Waals surface area contributed by atoms with Crippen molar-refractivity contribution in [3.05, 3.63) is 89.6 Å². The zero-order chi connectivity index (χ0) is 21.6. The molecule has 0 aliphatic rings. The second-order valence-corrected chi connectivity index (χ2v) is 6.74. The Kier molecular flexibility index (Phi) is 5.72. The molecular weight excluding hydrogens is 392 g/mol. The molecule has 0 spiro atoms. The van der Waals surface area contributed by atoms with Crippen LogP contribution in [0.1, 0.15) is 17.3 Å². The number of nitrogens with zero attached hydrogens (tertiary/aromatic N) is 3. The summed E-state index contributed by atoms with van der Waals surface area (Å²) in [6, 6.07) is 22.4. The van der Waals surface area contributed by atoms with E-state index in [0.29, 0.717) is 28.7 Å². The first-order valence-corrected chi connectivity index (χ1v) is 9.55. The number of aromatic nitrogens is 2. The fraction of sp³-hybridized carbons (Fsp3) is 0.0833. The molecule has 1 N–H and O–H groups in total. The molecule has 31 heavy (non-hydrogen) atoms. The highest BCUT2D eigenvalue weighted by Gasteiger charge is 2.11. The summed E-state index contributed by atoms with van der Waals surface area (Å²) >= 11 is 0. The van der Waals surface area contributed by atoms with Crippen molar-refractivity contribution in [1.82, 2.24) is 10.1 Å². The number of carbonyl (C=O) groups excluding carboxylic acids is 1. The normalized spacial score (nSPS) is 11.2. The summed E-state index contributed by atoms with van der Waals surface area (Å²) in [7, 11) is 0. The van der Waals surface area contributed by atoms with Gasteiger partial charge in [-0.2, -0.15) is 10.2 Å². The summed E-state index contributed by atoms with van der Waals surface area (Å²) in [5.74, 6) is 1.08. The molecule has 0 aliphatic heterocycles. The second kappa shape index (κ2) is 8.93. The van der Waals surface area contributed by atoms with Gasteiger partial charge in [0.2, 0.25) is 11.7 Å². The van der Waals surface area contributed by atoms with E-state index in [0.717, 1.165) is 10.8 Å². The molecule has 3 aromatic carbocycles. The minimum Gasteiger partial charge on any atom is -0.485 e. The maximum atomic E-state index is 12.7. The third kappa shape index (κ3) is 4.77. The quantitative estimate of drug-likeness (QED) is 0.367. The van der Waals surface area contributed by atoms with E-state index in [1.54, 1.807) is 31.2 Å². The molecule has 0 radical (unpaired) electrons. The Bertz CT molecular complexity index is 1300. The highest BCUT2D eigenvalue weighted by Crippen LogP contribution is 2.24. The summed E-state index contributed by atoms with van der Waals surface area (Å²) in [5, 5.41) is 18.0. The number of carbonyl (C=O) groups is 1. The number of benzene rings is 3. The van der Waals surface area contributed by atoms with Gasteiger partial charge in [-0.25, -0.2) is 0 Å². The molecule has 1 aromatic heterocycles. The Labute approximate surface area is 178 Å². The fourth-order valence-electron chi connectivity index (χ4n) is 3.05. The molecule has 7 heteroatoms. The summed E-state index contributed by atoms with van der Waals surface area (Å²) in [4.78, 5) is 16.7. The topological polar surface area (TPSA) is 101 Å². The molecule has 4 aromatic rings. The Morgan fingerprint density at radius 1 is 1.13 bits per heavy atom. The van der Waals surface area contributed by atoms with Gasteiger partial charge in [-0.1, -0.05) is 53.7 Å². The van der Waals surface area contributed by atoms with Crippen LogP contribution >= 0.6 is 0 Å². The van der Waals surface area contributed by atoms with Crippen LogP contribution in [0.15, 0.2) is 76.8 Å². The number of amides is 1. The Morgan fingerprint density at radius 2 is 1.90 bits per heavy atom. The average molecular weight is 410 g/mol. The van der Waals surface area contributed by atoms with E-state index in [9.17, 15) is 10.1 Å². The molecule has 1 heterocycles. The third-order valence-electron chi connectivity index (χ3n) is 4.53. The van der Waals surface area contributed by atoms with Crippen LogP contribution in [-0.2, 0) is 11.4 Å². The zero-order valence-electron chi connectivity index (χ0n) is 16.7. The molecule has 0 saturated carbocycles. The highest BCUT2D eigenvalue weighted by atomic mass is 16.5. The Morgan fingerprint density at radius 3 is 2.65 bits per heavy atom. The maximum Gasteiger partial charge on any atom is 0.266 e. The fourth-order valence-corrected chi connectivity index (χ4v) is 3.05. The standard InChI is InChI=1S/C24H18N4O3/c1-16-26-23(28-31-16)15-30-20-11-9-17(10-12-20)13-19(14-25)24(29)27-22-8-4-6-18-5-2-3-7-21(18)22/h2-13H,15H2,1H3,(H,27,29)/b19-13+. The lowest BCUT2D eigenvalue weighted by atomic mass is 10.1. The van der Waals surface area contributed by atoms with Crippen LogP contribution in [0.4, 0.5) is 5.69 Å². The van der Waals surface area contributed by atoms with Gasteiger partial charge >= 0.3 is 0 Å². The molecular formula is C24H18N4O3. The van der Waals surface area contributed by atoms with Gasteiger partial charge in [0.1, 0.15) is 17.4 Å². The number of hydrogen-bond donors (Lipinski definition) is 1. The van der Waals surface area contributed by atoms with Crippen molar-refractivity contribution in [1.29, 1.82) is 5.26 Å². The van der Waals surface area contributed by atoms with E-state index in [1.165, 1.54) is 6.08 Å². The first kappa shape index (κ1) is 19.9. The van der Waals surface area contributed by atoms with Crippen molar-refractivity contribution in [3.8, 4) is 11.8 Å². The number of rotatable bonds is 6. The van der Waals surface area contributed by atoms with E-state index in [-0.39, 0.29) is 12.2 Å². The first-order valence-electron chi connectivity index (χ1n) is 9.55. The lowest BCUT2D eigenvalue weighted by Gasteiger charge is -2.08. The number of fused-ring (bicyclic) bond motifs is 1. The minimum absolute atomic E-state index is 0.00359. The van der Waals surface area contributed by atoms with Gasteiger partial charge in [0, 0.05) is 18.0 Å². The average Bonchev–Trinajstić information content (AvgIpc) is 3.22. The number of ether oxygens (including phenoxy) is 1. The van der Waals surface area contributed by atoms with Crippen LogP contribution in [-0.4, -0.2) is 16.0 Å². The Balaban J connectivity index is 1.46. The number of aryl methyl sites for hydroxylation is 1. The predicted octanol–water partition coefficient (Wildman–Crippen LogP) is 4.66. The van der Waals surface area contributed by atoms with Crippen LogP contribution in [0.25, 0.3) is 16.8 Å². The molecule has 0 aliphatic carbocycles. The lowest BCUT2D eigenvalue weighted by Crippen LogP contribution is -2.13. The van der Waals surface area contributed by atoms with Gasteiger partial charge in [-0.3, -0.25) is 4.79 Å². The van der Waals surface area contributed by atoms with E-state index >= 15 is 0 Å². The monoisotopic (exact) mass is 410 g/mol. The van der Waals surface area contributed by atoms with E-state index in [2.05, 4.69) is 15.5 Å². The van der Waals surface area contributed by atoms with Crippen LogP contribution in [0, 0.1) is 18.3 Å². The van der Waals surface area contributed by atoms with Crippen LogP contribution in [0.5, 0.6) is 5.75 Å². The largest absolute Gasteiger partial charge is 0.485 e. The third-order valence-corrected chi connectivity index (χ3v) is 4.53.